The monoisotopic (exact) mass is 616 g/mol. The molecule has 0 saturated heterocycles. The van der Waals surface area contributed by atoms with Gasteiger partial charge in [-0.3, -0.25) is 0 Å². The molecule has 0 fully saturated rings. The Morgan fingerprint density at radius 3 is 2.06 bits per heavy atom. The molecular formula is C45H32N2O. The predicted molar refractivity (Wildman–Crippen MR) is 200 cm³/mol. The van der Waals surface area contributed by atoms with Crippen LogP contribution >= 0.6 is 0 Å². The average Bonchev–Trinajstić information content (AvgIpc) is 3.76. The zero-order valence-corrected chi connectivity index (χ0v) is 26.8. The lowest BCUT2D eigenvalue weighted by Crippen LogP contribution is -2.20. The third kappa shape index (κ3) is 3.64. The van der Waals surface area contributed by atoms with Crippen molar-refractivity contribution in [1.82, 2.24) is 4.57 Å². The van der Waals surface area contributed by atoms with Crippen LogP contribution in [-0.2, 0) is 5.41 Å². The van der Waals surface area contributed by atoms with E-state index in [4.69, 9.17) is 4.42 Å². The minimum atomic E-state index is -0.173. The van der Waals surface area contributed by atoms with Gasteiger partial charge in [-0.05, 0) is 82.9 Å². The largest absolute Gasteiger partial charge is 0.455 e. The molecule has 2 heterocycles. The number of hydrogen-bond acceptors (Lipinski definition) is 2. The number of furan rings is 1. The van der Waals surface area contributed by atoms with Gasteiger partial charge in [0.25, 0.3) is 0 Å². The summed E-state index contributed by atoms with van der Waals surface area (Å²) in [6.07, 6.45) is 0. The minimum Gasteiger partial charge on any atom is -0.455 e. The van der Waals surface area contributed by atoms with Crippen LogP contribution in [0, 0.1) is 0 Å². The molecule has 228 valence electrons. The number of anilines is 3. The summed E-state index contributed by atoms with van der Waals surface area (Å²) in [7, 11) is 0. The van der Waals surface area contributed by atoms with E-state index >= 15 is 0 Å². The van der Waals surface area contributed by atoms with Crippen molar-refractivity contribution in [2.75, 3.05) is 4.90 Å². The van der Waals surface area contributed by atoms with Crippen LogP contribution in [0.25, 0.3) is 60.6 Å². The summed E-state index contributed by atoms with van der Waals surface area (Å²) in [5, 5.41) is 4.54. The molecule has 1 aliphatic rings. The van der Waals surface area contributed by atoms with Gasteiger partial charge in [-0.15, -0.1) is 0 Å². The van der Waals surface area contributed by atoms with Gasteiger partial charge in [0.2, 0.25) is 0 Å². The maximum atomic E-state index is 6.93. The van der Waals surface area contributed by atoms with Gasteiger partial charge in [-0.2, -0.15) is 0 Å². The van der Waals surface area contributed by atoms with Crippen molar-refractivity contribution in [3.63, 3.8) is 0 Å². The summed E-state index contributed by atoms with van der Waals surface area (Å²) in [4.78, 5) is 2.45. The van der Waals surface area contributed by atoms with Crippen LogP contribution in [0.4, 0.5) is 17.1 Å². The smallest absolute Gasteiger partial charge is 0.145 e. The van der Waals surface area contributed by atoms with E-state index in [1.54, 1.807) is 0 Å². The van der Waals surface area contributed by atoms with Crippen LogP contribution in [0.2, 0.25) is 0 Å². The van der Waals surface area contributed by atoms with Crippen molar-refractivity contribution >= 4 is 60.8 Å². The molecule has 3 nitrogen and oxygen atoms in total. The standard InChI is InChI=1S/C45H32N2O/c1-45(2)35-22-11-9-19-31(35)32-21-13-25-39(43(32)45)47(30-17-7-4-8-18-30)37-24-14-26-40-41(37)34-27-28-38-42(44(34)48-40)33-20-10-12-23-36(33)46(38)29-15-5-3-6-16-29/h3-28H,1-2H3. The van der Waals surface area contributed by atoms with Crippen molar-refractivity contribution in [2.45, 2.75) is 19.3 Å². The van der Waals surface area contributed by atoms with Crippen LogP contribution in [0.5, 0.6) is 0 Å². The lowest BCUT2D eigenvalue weighted by atomic mass is 9.81. The SMILES string of the molecule is CC1(C)c2ccccc2-c2cccc(N(c3ccccc3)c3cccc4oc5c(ccc6c5c5ccccc5n6-c5ccccc5)c34)c21. The molecule has 0 atom stereocenters. The van der Waals surface area contributed by atoms with E-state index in [0.717, 1.165) is 49.9 Å². The van der Waals surface area contributed by atoms with Crippen molar-refractivity contribution in [1.29, 1.82) is 0 Å². The molecule has 9 aromatic rings. The van der Waals surface area contributed by atoms with Gasteiger partial charge in [0.15, 0.2) is 0 Å². The highest BCUT2D eigenvalue weighted by Crippen LogP contribution is 2.55. The first-order chi connectivity index (χ1) is 23.6. The third-order valence-corrected chi connectivity index (χ3v) is 10.3. The Hall–Kier alpha value is -6.06. The topological polar surface area (TPSA) is 21.3 Å². The Kier molecular flexibility index (Phi) is 5.63. The molecule has 2 aromatic heterocycles. The molecule has 48 heavy (non-hydrogen) atoms. The van der Waals surface area contributed by atoms with E-state index in [1.165, 1.54) is 38.8 Å². The fourth-order valence-corrected chi connectivity index (χ4v) is 8.35. The summed E-state index contributed by atoms with van der Waals surface area (Å²) in [5.74, 6) is 0. The summed E-state index contributed by atoms with van der Waals surface area (Å²) in [6.45, 7) is 4.72. The van der Waals surface area contributed by atoms with Gasteiger partial charge in [0, 0.05) is 27.6 Å². The first-order valence-electron chi connectivity index (χ1n) is 16.6. The summed E-state index contributed by atoms with van der Waals surface area (Å²) in [5.41, 5.74) is 13.8. The lowest BCUT2D eigenvalue weighted by Gasteiger charge is -2.32. The number of hydrogen-bond donors (Lipinski definition) is 0. The van der Waals surface area contributed by atoms with Gasteiger partial charge < -0.3 is 13.9 Å². The molecule has 0 aliphatic heterocycles. The molecular weight excluding hydrogens is 585 g/mol. The van der Waals surface area contributed by atoms with Crippen LogP contribution in [0.3, 0.4) is 0 Å². The normalized spacial score (nSPS) is 13.4. The predicted octanol–water partition coefficient (Wildman–Crippen LogP) is 12.5. The molecule has 0 bridgehead atoms. The summed E-state index contributed by atoms with van der Waals surface area (Å²) < 4.78 is 9.28. The second kappa shape index (κ2) is 9.97. The Morgan fingerprint density at radius 1 is 0.521 bits per heavy atom. The maximum Gasteiger partial charge on any atom is 0.145 e. The minimum absolute atomic E-state index is 0.173. The van der Waals surface area contributed by atoms with Gasteiger partial charge in [-0.25, -0.2) is 0 Å². The zero-order valence-electron chi connectivity index (χ0n) is 26.8. The van der Waals surface area contributed by atoms with Crippen molar-refractivity contribution in [3.8, 4) is 16.8 Å². The van der Waals surface area contributed by atoms with Crippen LogP contribution < -0.4 is 4.90 Å². The summed E-state index contributed by atoms with van der Waals surface area (Å²) >= 11 is 0. The van der Waals surface area contributed by atoms with E-state index in [9.17, 15) is 0 Å². The second-order valence-electron chi connectivity index (χ2n) is 13.3. The molecule has 1 aliphatic carbocycles. The van der Waals surface area contributed by atoms with Crippen LogP contribution in [0.15, 0.2) is 162 Å². The second-order valence-corrected chi connectivity index (χ2v) is 13.3. The van der Waals surface area contributed by atoms with E-state index in [0.29, 0.717) is 0 Å². The number of rotatable bonds is 4. The Bertz CT molecular complexity index is 2700. The van der Waals surface area contributed by atoms with E-state index in [-0.39, 0.29) is 5.41 Å². The Morgan fingerprint density at radius 2 is 1.21 bits per heavy atom. The number of aromatic nitrogens is 1. The van der Waals surface area contributed by atoms with Gasteiger partial charge in [-0.1, -0.05) is 111 Å². The molecule has 0 radical (unpaired) electrons. The zero-order chi connectivity index (χ0) is 32.0. The molecule has 7 aromatic carbocycles. The van der Waals surface area contributed by atoms with E-state index < -0.39 is 0 Å². The first-order valence-corrected chi connectivity index (χ1v) is 16.6. The quantitative estimate of drug-likeness (QED) is 0.196. The Balaban J connectivity index is 1.29. The molecule has 0 saturated carbocycles. The number of benzene rings is 7. The number of fused-ring (bicyclic) bond motifs is 10. The van der Waals surface area contributed by atoms with Gasteiger partial charge in [0.1, 0.15) is 11.2 Å². The lowest BCUT2D eigenvalue weighted by molar-refractivity contribution is 0.661. The number of nitrogens with zero attached hydrogens (tertiary/aromatic N) is 2. The Labute approximate surface area is 278 Å². The first kappa shape index (κ1) is 27.1. The van der Waals surface area contributed by atoms with Crippen molar-refractivity contribution in [3.05, 3.63) is 169 Å². The highest BCUT2D eigenvalue weighted by atomic mass is 16.3. The van der Waals surface area contributed by atoms with Crippen molar-refractivity contribution < 1.29 is 4.42 Å². The molecule has 10 rings (SSSR count). The van der Waals surface area contributed by atoms with Crippen LogP contribution in [-0.4, -0.2) is 4.57 Å². The fraction of sp³-hybridized carbons (Fsp3) is 0.0667. The highest BCUT2D eigenvalue weighted by Gasteiger charge is 2.39. The molecule has 3 heteroatoms. The van der Waals surface area contributed by atoms with E-state index in [1.807, 2.05) is 0 Å². The molecule has 0 amide bonds. The van der Waals surface area contributed by atoms with E-state index in [2.05, 4.69) is 181 Å². The van der Waals surface area contributed by atoms with Gasteiger partial charge >= 0.3 is 0 Å². The maximum absolute atomic E-state index is 6.93. The highest BCUT2D eigenvalue weighted by molar-refractivity contribution is 6.26. The number of para-hydroxylation sites is 3. The fourth-order valence-electron chi connectivity index (χ4n) is 8.35. The van der Waals surface area contributed by atoms with Crippen molar-refractivity contribution in [2.24, 2.45) is 0 Å². The molecule has 0 spiro atoms. The summed E-state index contributed by atoms with van der Waals surface area (Å²) in [6, 6.07) is 56.7. The average molecular weight is 617 g/mol. The van der Waals surface area contributed by atoms with Gasteiger partial charge in [0.05, 0.1) is 33.2 Å². The van der Waals surface area contributed by atoms with Crippen LogP contribution in [0.1, 0.15) is 25.0 Å². The molecule has 0 unspecified atom stereocenters. The third-order valence-electron chi connectivity index (χ3n) is 10.3. The molecule has 0 N–H and O–H groups in total.